The number of likely N-dealkylation sites (N-methyl/N-ethyl adjacent to an activating group) is 1. The first kappa shape index (κ1) is 15.2. The monoisotopic (exact) mass is 405 g/mol. The summed E-state index contributed by atoms with van der Waals surface area (Å²) in [6, 6.07) is 6.98. The Kier molecular flexibility index (Phi) is 5.57. The van der Waals surface area contributed by atoms with Gasteiger partial charge in [-0.2, -0.15) is 0 Å². The number of nitrogens with one attached hydrogen (secondary N) is 1. The van der Waals surface area contributed by atoms with Crippen LogP contribution in [0.25, 0.3) is 0 Å². The zero-order valence-electron chi connectivity index (χ0n) is 10.4. The summed E-state index contributed by atoms with van der Waals surface area (Å²) in [7, 11) is 0. The maximum atomic E-state index is 13.5. The molecule has 0 aliphatic rings. The van der Waals surface area contributed by atoms with Gasteiger partial charge in [0.05, 0.1) is 0 Å². The second-order valence-electron chi connectivity index (χ2n) is 4.17. The molecule has 19 heavy (non-hydrogen) atoms. The van der Waals surface area contributed by atoms with Crippen LogP contribution in [0.5, 0.6) is 0 Å². The van der Waals surface area contributed by atoms with Gasteiger partial charge in [0.15, 0.2) is 0 Å². The predicted octanol–water partition coefficient (Wildman–Crippen LogP) is 5.31. The van der Waals surface area contributed by atoms with Gasteiger partial charge in [0.1, 0.15) is 5.82 Å². The highest BCUT2D eigenvalue weighted by atomic mass is 79.9. The van der Waals surface area contributed by atoms with E-state index >= 15 is 0 Å². The third-order valence-corrected chi connectivity index (χ3v) is 5.54. The highest BCUT2D eigenvalue weighted by Crippen LogP contribution is 2.31. The molecular weight excluding hydrogens is 393 g/mol. The van der Waals surface area contributed by atoms with Crippen LogP contribution < -0.4 is 5.32 Å². The van der Waals surface area contributed by atoms with Gasteiger partial charge in [0, 0.05) is 26.3 Å². The van der Waals surface area contributed by atoms with Crippen LogP contribution in [0.4, 0.5) is 4.39 Å². The van der Waals surface area contributed by atoms with Crippen LogP contribution >= 0.6 is 43.2 Å². The van der Waals surface area contributed by atoms with Crippen LogP contribution in [0.15, 0.2) is 38.6 Å². The number of thiophene rings is 1. The second kappa shape index (κ2) is 6.97. The first-order chi connectivity index (χ1) is 9.11. The lowest BCUT2D eigenvalue weighted by atomic mass is 10.0. The topological polar surface area (TPSA) is 12.0 Å². The SMILES string of the molecule is CCNC(Cc1sccc1Br)c1cc(F)ccc1Br. The van der Waals surface area contributed by atoms with E-state index < -0.39 is 0 Å². The van der Waals surface area contributed by atoms with Crippen LogP contribution in [-0.2, 0) is 6.42 Å². The van der Waals surface area contributed by atoms with E-state index in [0.717, 1.165) is 27.5 Å². The van der Waals surface area contributed by atoms with Crippen LogP contribution in [-0.4, -0.2) is 6.54 Å². The van der Waals surface area contributed by atoms with Crippen molar-refractivity contribution in [2.45, 2.75) is 19.4 Å². The average molecular weight is 407 g/mol. The smallest absolute Gasteiger partial charge is 0.123 e. The fraction of sp³-hybridized carbons (Fsp3) is 0.286. The summed E-state index contributed by atoms with van der Waals surface area (Å²) >= 11 is 8.77. The molecule has 0 aliphatic carbocycles. The molecule has 0 amide bonds. The van der Waals surface area contributed by atoms with E-state index in [4.69, 9.17) is 0 Å². The van der Waals surface area contributed by atoms with E-state index in [-0.39, 0.29) is 11.9 Å². The Morgan fingerprint density at radius 1 is 1.26 bits per heavy atom. The van der Waals surface area contributed by atoms with Gasteiger partial charge in [-0.1, -0.05) is 22.9 Å². The summed E-state index contributed by atoms with van der Waals surface area (Å²) in [5.41, 5.74) is 0.960. The fourth-order valence-corrected chi connectivity index (χ4v) is 4.06. The Hall–Kier alpha value is -0.230. The van der Waals surface area contributed by atoms with Gasteiger partial charge in [-0.05, 0) is 57.7 Å². The summed E-state index contributed by atoms with van der Waals surface area (Å²) in [5, 5.41) is 5.48. The highest BCUT2D eigenvalue weighted by molar-refractivity contribution is 9.10. The number of halogens is 3. The van der Waals surface area contributed by atoms with Crippen LogP contribution in [0, 0.1) is 5.82 Å². The molecule has 2 aromatic rings. The molecule has 0 fully saturated rings. The van der Waals surface area contributed by atoms with Gasteiger partial charge in [-0.15, -0.1) is 11.3 Å². The summed E-state index contributed by atoms with van der Waals surface area (Å²) < 4.78 is 15.5. The lowest BCUT2D eigenvalue weighted by molar-refractivity contribution is 0.543. The minimum absolute atomic E-state index is 0.102. The van der Waals surface area contributed by atoms with Crippen molar-refractivity contribution in [1.82, 2.24) is 5.32 Å². The standard InChI is InChI=1S/C14H14Br2FNS/c1-2-18-13(8-14-12(16)5-6-19-14)10-7-9(17)3-4-11(10)15/h3-7,13,18H,2,8H2,1H3. The van der Waals surface area contributed by atoms with E-state index in [9.17, 15) is 4.39 Å². The van der Waals surface area contributed by atoms with Crippen molar-refractivity contribution in [3.05, 3.63) is 54.8 Å². The minimum atomic E-state index is -0.202. The van der Waals surface area contributed by atoms with E-state index in [1.54, 1.807) is 23.5 Å². The van der Waals surface area contributed by atoms with E-state index in [0.29, 0.717) is 0 Å². The Balaban J connectivity index is 2.29. The first-order valence-corrected chi connectivity index (χ1v) is 8.48. The van der Waals surface area contributed by atoms with Crippen molar-refractivity contribution in [3.63, 3.8) is 0 Å². The molecule has 0 spiro atoms. The molecule has 1 nitrogen and oxygen atoms in total. The fourth-order valence-electron chi connectivity index (χ4n) is 1.98. The lowest BCUT2D eigenvalue weighted by Gasteiger charge is -2.19. The van der Waals surface area contributed by atoms with Crippen molar-refractivity contribution in [2.75, 3.05) is 6.54 Å². The molecule has 0 saturated carbocycles. The maximum absolute atomic E-state index is 13.5. The van der Waals surface area contributed by atoms with Crippen molar-refractivity contribution in [3.8, 4) is 0 Å². The van der Waals surface area contributed by atoms with Crippen molar-refractivity contribution in [2.24, 2.45) is 0 Å². The average Bonchev–Trinajstić information content (AvgIpc) is 2.78. The van der Waals surface area contributed by atoms with Gasteiger partial charge < -0.3 is 5.32 Å². The quantitative estimate of drug-likeness (QED) is 0.709. The number of hydrogen-bond acceptors (Lipinski definition) is 2. The Bertz CT molecular complexity index is 556. The molecule has 1 atom stereocenters. The Morgan fingerprint density at radius 3 is 2.68 bits per heavy atom. The van der Waals surface area contributed by atoms with Crippen molar-refractivity contribution < 1.29 is 4.39 Å². The molecule has 0 aliphatic heterocycles. The predicted molar refractivity (Wildman–Crippen MR) is 86.2 cm³/mol. The third-order valence-electron chi connectivity index (χ3n) is 2.86. The molecule has 0 bridgehead atoms. The van der Waals surface area contributed by atoms with Gasteiger partial charge in [0.25, 0.3) is 0 Å². The molecule has 5 heteroatoms. The Morgan fingerprint density at radius 2 is 2.05 bits per heavy atom. The summed E-state index contributed by atoms with van der Waals surface area (Å²) in [5.74, 6) is -0.202. The van der Waals surface area contributed by atoms with Gasteiger partial charge in [-0.25, -0.2) is 4.39 Å². The van der Waals surface area contributed by atoms with E-state index in [2.05, 4.69) is 49.5 Å². The number of rotatable bonds is 5. The third kappa shape index (κ3) is 3.88. The lowest BCUT2D eigenvalue weighted by Crippen LogP contribution is -2.23. The summed E-state index contributed by atoms with van der Waals surface area (Å²) in [6.45, 7) is 2.90. The van der Waals surface area contributed by atoms with Crippen LogP contribution in [0.2, 0.25) is 0 Å². The van der Waals surface area contributed by atoms with Crippen LogP contribution in [0.1, 0.15) is 23.4 Å². The maximum Gasteiger partial charge on any atom is 0.123 e. The highest BCUT2D eigenvalue weighted by Gasteiger charge is 2.17. The normalized spacial score (nSPS) is 12.6. The molecule has 1 aromatic heterocycles. The second-order valence-corrected chi connectivity index (χ2v) is 6.88. The van der Waals surface area contributed by atoms with Crippen LogP contribution in [0.3, 0.4) is 0 Å². The van der Waals surface area contributed by atoms with Gasteiger partial charge in [-0.3, -0.25) is 0 Å². The zero-order valence-corrected chi connectivity index (χ0v) is 14.4. The molecular formula is C14H14Br2FNS. The summed E-state index contributed by atoms with van der Waals surface area (Å²) in [4.78, 5) is 1.27. The molecule has 0 saturated heterocycles. The van der Waals surface area contributed by atoms with Crippen molar-refractivity contribution >= 4 is 43.2 Å². The van der Waals surface area contributed by atoms with Crippen molar-refractivity contribution in [1.29, 1.82) is 0 Å². The molecule has 1 aromatic carbocycles. The van der Waals surface area contributed by atoms with Gasteiger partial charge >= 0.3 is 0 Å². The number of hydrogen-bond donors (Lipinski definition) is 1. The Labute approximate surface area is 133 Å². The molecule has 102 valence electrons. The molecule has 1 heterocycles. The van der Waals surface area contributed by atoms with E-state index in [1.807, 2.05) is 6.07 Å². The number of benzene rings is 1. The zero-order chi connectivity index (χ0) is 13.8. The molecule has 0 radical (unpaired) electrons. The minimum Gasteiger partial charge on any atom is -0.310 e. The van der Waals surface area contributed by atoms with E-state index in [1.165, 1.54) is 10.9 Å². The molecule has 1 N–H and O–H groups in total. The van der Waals surface area contributed by atoms with Gasteiger partial charge in [0.2, 0.25) is 0 Å². The molecule has 1 unspecified atom stereocenters. The largest absolute Gasteiger partial charge is 0.310 e. The first-order valence-electron chi connectivity index (χ1n) is 6.02. The molecule has 2 rings (SSSR count). The summed E-state index contributed by atoms with van der Waals surface area (Å²) in [6.07, 6.45) is 0.841.